The standard InChI is InChI=1S/C19H23N5O5/c25-15(21-22-16(26)12-23-10-5-1-2-8-17(23)27)9-11-24-14-7-4-3-6-13(14)18(28)20-19(24)29/h3-4,6-7H,1-2,5,8-12H2,(H,21,25)(H,22,26)(H,20,28,29). The van der Waals surface area contributed by atoms with Gasteiger partial charge in [-0.3, -0.25) is 39.6 Å². The summed E-state index contributed by atoms with van der Waals surface area (Å²) in [5.41, 5.74) is 3.92. The minimum absolute atomic E-state index is 0.0302. The number of hydrogen-bond donors (Lipinski definition) is 3. The van der Waals surface area contributed by atoms with Crippen molar-refractivity contribution in [3.8, 4) is 0 Å². The van der Waals surface area contributed by atoms with Crippen molar-refractivity contribution < 1.29 is 14.4 Å². The molecule has 0 aliphatic carbocycles. The van der Waals surface area contributed by atoms with Gasteiger partial charge in [0.1, 0.15) is 6.54 Å². The molecule has 0 bridgehead atoms. The molecule has 10 nitrogen and oxygen atoms in total. The Labute approximate surface area is 165 Å². The first kappa shape index (κ1) is 20.3. The molecular formula is C19H23N5O5. The van der Waals surface area contributed by atoms with Crippen LogP contribution in [-0.4, -0.2) is 45.3 Å². The quantitative estimate of drug-likeness (QED) is 0.588. The molecular weight excluding hydrogens is 378 g/mol. The van der Waals surface area contributed by atoms with Gasteiger partial charge in [-0.2, -0.15) is 0 Å². The number of para-hydroxylation sites is 1. The van der Waals surface area contributed by atoms with Crippen molar-refractivity contribution in [2.75, 3.05) is 13.1 Å². The molecule has 1 aromatic heterocycles. The average Bonchev–Trinajstić information content (AvgIpc) is 2.90. The van der Waals surface area contributed by atoms with E-state index in [0.717, 1.165) is 19.3 Å². The van der Waals surface area contributed by atoms with Gasteiger partial charge in [0.05, 0.1) is 10.9 Å². The lowest BCUT2D eigenvalue weighted by Gasteiger charge is -2.19. The molecule has 10 heteroatoms. The molecule has 2 heterocycles. The largest absolute Gasteiger partial charge is 0.333 e. The first-order valence-electron chi connectivity index (χ1n) is 9.53. The summed E-state index contributed by atoms with van der Waals surface area (Å²) in [6.07, 6.45) is 2.99. The Hall–Kier alpha value is -3.43. The second-order valence-corrected chi connectivity index (χ2v) is 6.90. The highest BCUT2D eigenvalue weighted by atomic mass is 16.2. The first-order valence-corrected chi connectivity index (χ1v) is 9.53. The average molecular weight is 401 g/mol. The second kappa shape index (κ2) is 9.18. The molecule has 154 valence electrons. The number of fused-ring (bicyclic) bond motifs is 1. The summed E-state index contributed by atoms with van der Waals surface area (Å²) in [7, 11) is 0. The molecule has 3 N–H and O–H groups in total. The fourth-order valence-electron chi connectivity index (χ4n) is 3.30. The van der Waals surface area contributed by atoms with Gasteiger partial charge >= 0.3 is 5.69 Å². The van der Waals surface area contributed by atoms with Crippen molar-refractivity contribution in [3.05, 3.63) is 45.1 Å². The number of carbonyl (C=O) groups excluding carboxylic acids is 3. The molecule has 3 rings (SSSR count). The summed E-state index contributed by atoms with van der Waals surface area (Å²) >= 11 is 0. The Kier molecular flexibility index (Phi) is 6.43. The van der Waals surface area contributed by atoms with Crippen LogP contribution in [0.15, 0.2) is 33.9 Å². The highest BCUT2D eigenvalue weighted by Crippen LogP contribution is 2.10. The van der Waals surface area contributed by atoms with E-state index >= 15 is 0 Å². The van der Waals surface area contributed by atoms with Gasteiger partial charge in [-0.15, -0.1) is 0 Å². The highest BCUT2D eigenvalue weighted by molar-refractivity contribution is 5.86. The van der Waals surface area contributed by atoms with E-state index in [9.17, 15) is 24.0 Å². The predicted molar refractivity (Wildman–Crippen MR) is 105 cm³/mol. The van der Waals surface area contributed by atoms with Crippen molar-refractivity contribution in [1.82, 2.24) is 25.3 Å². The maximum Gasteiger partial charge on any atom is 0.328 e. The number of aromatic amines is 1. The molecule has 29 heavy (non-hydrogen) atoms. The summed E-state index contributed by atoms with van der Waals surface area (Å²) in [5.74, 6) is -1.05. The van der Waals surface area contributed by atoms with Crippen LogP contribution < -0.4 is 22.1 Å². The smallest absolute Gasteiger partial charge is 0.328 e. The van der Waals surface area contributed by atoms with Gasteiger partial charge in [0, 0.05) is 25.9 Å². The van der Waals surface area contributed by atoms with E-state index in [1.807, 2.05) is 0 Å². The van der Waals surface area contributed by atoms with Gasteiger partial charge < -0.3 is 4.90 Å². The Morgan fingerprint density at radius 3 is 2.59 bits per heavy atom. The number of benzene rings is 1. The molecule has 0 radical (unpaired) electrons. The van der Waals surface area contributed by atoms with Crippen LogP contribution in [0.2, 0.25) is 0 Å². The van der Waals surface area contributed by atoms with Crippen LogP contribution in [0.3, 0.4) is 0 Å². The number of aryl methyl sites for hydroxylation is 1. The summed E-state index contributed by atoms with van der Waals surface area (Å²) in [6, 6.07) is 6.60. The molecule has 0 unspecified atom stereocenters. The SMILES string of the molecule is O=C(CCn1c(=O)[nH]c(=O)c2ccccc21)NNC(=O)CN1CCCCCC1=O. The van der Waals surface area contributed by atoms with Gasteiger partial charge in [-0.25, -0.2) is 4.79 Å². The molecule has 1 aliphatic heterocycles. The monoisotopic (exact) mass is 401 g/mol. The number of rotatable bonds is 5. The number of hydrogen-bond acceptors (Lipinski definition) is 5. The summed E-state index contributed by atoms with van der Waals surface area (Å²) in [6.45, 7) is 0.452. The number of nitrogens with one attached hydrogen (secondary N) is 3. The number of hydrazine groups is 1. The minimum atomic E-state index is -0.606. The third-order valence-electron chi connectivity index (χ3n) is 4.81. The molecule has 0 spiro atoms. The Bertz CT molecular complexity index is 1040. The molecule has 1 aromatic carbocycles. The summed E-state index contributed by atoms with van der Waals surface area (Å²) < 4.78 is 1.30. The van der Waals surface area contributed by atoms with Crippen LogP contribution in [0.25, 0.3) is 10.9 Å². The fourth-order valence-corrected chi connectivity index (χ4v) is 3.30. The molecule has 1 fully saturated rings. The van der Waals surface area contributed by atoms with Crippen molar-refractivity contribution in [3.63, 3.8) is 0 Å². The molecule has 1 aliphatic rings. The van der Waals surface area contributed by atoms with E-state index in [1.165, 1.54) is 9.47 Å². The van der Waals surface area contributed by atoms with Crippen LogP contribution >= 0.6 is 0 Å². The molecule has 2 aromatic rings. The number of amides is 3. The zero-order valence-electron chi connectivity index (χ0n) is 15.9. The number of nitrogens with zero attached hydrogens (tertiary/aromatic N) is 2. The van der Waals surface area contributed by atoms with Crippen molar-refractivity contribution in [1.29, 1.82) is 0 Å². The van der Waals surface area contributed by atoms with Gasteiger partial charge in [0.25, 0.3) is 11.5 Å². The van der Waals surface area contributed by atoms with Crippen LogP contribution in [0.5, 0.6) is 0 Å². The molecule has 0 saturated carbocycles. The second-order valence-electron chi connectivity index (χ2n) is 6.90. The van der Waals surface area contributed by atoms with Crippen molar-refractivity contribution in [2.45, 2.75) is 38.6 Å². The fraction of sp³-hybridized carbons (Fsp3) is 0.421. The summed E-state index contributed by atoms with van der Waals surface area (Å²) in [5, 5.41) is 0.350. The predicted octanol–water partition coefficient (Wildman–Crippen LogP) is -0.370. The Balaban J connectivity index is 1.54. The normalized spacial score (nSPS) is 14.5. The van der Waals surface area contributed by atoms with E-state index in [2.05, 4.69) is 15.8 Å². The van der Waals surface area contributed by atoms with Crippen LogP contribution in [-0.2, 0) is 20.9 Å². The van der Waals surface area contributed by atoms with E-state index in [0.29, 0.717) is 23.9 Å². The van der Waals surface area contributed by atoms with Crippen molar-refractivity contribution in [2.24, 2.45) is 0 Å². The number of likely N-dealkylation sites (tertiary alicyclic amines) is 1. The molecule has 3 amide bonds. The van der Waals surface area contributed by atoms with Gasteiger partial charge in [-0.05, 0) is 25.0 Å². The Morgan fingerprint density at radius 2 is 1.76 bits per heavy atom. The molecule has 0 atom stereocenters. The lowest BCUT2D eigenvalue weighted by atomic mass is 10.2. The zero-order chi connectivity index (χ0) is 20.8. The first-order chi connectivity index (χ1) is 14.0. The summed E-state index contributed by atoms with van der Waals surface area (Å²) in [4.78, 5) is 63.6. The lowest BCUT2D eigenvalue weighted by Crippen LogP contribution is -2.47. The molecule has 1 saturated heterocycles. The Morgan fingerprint density at radius 1 is 1.00 bits per heavy atom. The maximum absolute atomic E-state index is 12.1. The van der Waals surface area contributed by atoms with Crippen molar-refractivity contribution >= 4 is 28.6 Å². The van der Waals surface area contributed by atoms with Gasteiger partial charge in [0.15, 0.2) is 0 Å². The maximum atomic E-state index is 12.1. The number of aromatic nitrogens is 2. The van der Waals surface area contributed by atoms with Crippen LogP contribution in [0.1, 0.15) is 32.1 Å². The number of carbonyl (C=O) groups is 3. The highest BCUT2D eigenvalue weighted by Gasteiger charge is 2.19. The van der Waals surface area contributed by atoms with E-state index in [4.69, 9.17) is 0 Å². The van der Waals surface area contributed by atoms with E-state index in [1.54, 1.807) is 24.3 Å². The third kappa shape index (κ3) is 5.09. The number of H-pyrrole nitrogens is 1. The van der Waals surface area contributed by atoms with Gasteiger partial charge in [0.2, 0.25) is 11.8 Å². The minimum Gasteiger partial charge on any atom is -0.333 e. The van der Waals surface area contributed by atoms with E-state index < -0.39 is 23.1 Å². The van der Waals surface area contributed by atoms with Crippen LogP contribution in [0.4, 0.5) is 0 Å². The van der Waals surface area contributed by atoms with Crippen LogP contribution in [0, 0.1) is 0 Å². The van der Waals surface area contributed by atoms with Gasteiger partial charge in [-0.1, -0.05) is 18.6 Å². The third-order valence-corrected chi connectivity index (χ3v) is 4.81. The lowest BCUT2D eigenvalue weighted by molar-refractivity contribution is -0.136. The zero-order valence-corrected chi connectivity index (χ0v) is 15.9. The topological polar surface area (TPSA) is 133 Å². The van der Waals surface area contributed by atoms with E-state index in [-0.39, 0.29) is 25.4 Å².